The van der Waals surface area contributed by atoms with Gasteiger partial charge in [-0.05, 0) is 41.2 Å². The third kappa shape index (κ3) is 5.91. The lowest BCUT2D eigenvalue weighted by Crippen LogP contribution is -2.15. The molecule has 96 valence electrons. The fourth-order valence-electron chi connectivity index (χ4n) is 2.01. The van der Waals surface area contributed by atoms with E-state index in [4.69, 9.17) is 0 Å². The lowest BCUT2D eigenvalue weighted by Gasteiger charge is -2.30. The number of fused-ring (bicyclic) bond motifs is 1. The Morgan fingerprint density at radius 2 is 1.65 bits per heavy atom. The van der Waals surface area contributed by atoms with Gasteiger partial charge >= 0.3 is 0 Å². The van der Waals surface area contributed by atoms with Gasteiger partial charge in [0.1, 0.15) is 0 Å². The van der Waals surface area contributed by atoms with Crippen LogP contribution in [0.5, 0.6) is 0 Å². The van der Waals surface area contributed by atoms with Crippen LogP contribution in [0.4, 0.5) is 0 Å². The first-order valence-electron chi connectivity index (χ1n) is 6.75. The molecule has 0 spiro atoms. The normalized spacial score (nSPS) is 21.8. The van der Waals surface area contributed by atoms with Gasteiger partial charge in [-0.25, -0.2) is 0 Å². The van der Waals surface area contributed by atoms with Gasteiger partial charge in [0.2, 0.25) is 0 Å². The largest absolute Gasteiger partial charge is 0.0801 e. The van der Waals surface area contributed by atoms with Crippen LogP contribution >= 0.6 is 0 Å². The molecule has 0 fully saturated rings. The fraction of sp³-hybridized carbons (Fsp3) is 0.647. The van der Waals surface area contributed by atoms with Crippen molar-refractivity contribution in [3.63, 3.8) is 0 Å². The van der Waals surface area contributed by atoms with E-state index in [9.17, 15) is 0 Å². The molecule has 0 heterocycles. The summed E-state index contributed by atoms with van der Waals surface area (Å²) in [5, 5.41) is 0. The highest BCUT2D eigenvalue weighted by molar-refractivity contribution is 5.42. The molecule has 0 atom stereocenters. The van der Waals surface area contributed by atoms with E-state index < -0.39 is 0 Å². The molecule has 0 saturated heterocycles. The lowest BCUT2D eigenvalue weighted by molar-refractivity contribution is 0.421. The van der Waals surface area contributed by atoms with Crippen LogP contribution in [0, 0.1) is 10.8 Å². The highest BCUT2D eigenvalue weighted by Crippen LogP contribution is 2.38. The SMILES string of the molecule is CC(C)(C)C.CC1(C)C=C2CC=CC=C2CC1. The van der Waals surface area contributed by atoms with Crippen molar-refractivity contribution in [2.24, 2.45) is 10.8 Å². The second-order valence-corrected chi connectivity index (χ2v) is 7.48. The highest BCUT2D eigenvalue weighted by Gasteiger charge is 2.23. The third-order valence-electron chi connectivity index (χ3n) is 2.79. The molecule has 0 nitrogen and oxygen atoms in total. The molecule has 0 saturated carbocycles. The van der Waals surface area contributed by atoms with E-state index in [-0.39, 0.29) is 0 Å². The van der Waals surface area contributed by atoms with E-state index in [1.165, 1.54) is 12.8 Å². The van der Waals surface area contributed by atoms with Gasteiger partial charge in [0, 0.05) is 0 Å². The van der Waals surface area contributed by atoms with Crippen molar-refractivity contribution in [3.05, 3.63) is 35.5 Å². The molecular weight excluding hydrogens is 204 g/mol. The van der Waals surface area contributed by atoms with E-state index in [1.807, 2.05) is 0 Å². The minimum Gasteiger partial charge on any atom is -0.0801 e. The van der Waals surface area contributed by atoms with Crippen LogP contribution < -0.4 is 0 Å². The van der Waals surface area contributed by atoms with Crippen LogP contribution in [0.15, 0.2) is 35.5 Å². The first-order chi connectivity index (χ1) is 7.67. The smallest absolute Gasteiger partial charge is 0.00946 e. The summed E-state index contributed by atoms with van der Waals surface area (Å²) < 4.78 is 0. The Morgan fingerprint density at radius 3 is 2.24 bits per heavy atom. The van der Waals surface area contributed by atoms with Gasteiger partial charge in [0.05, 0.1) is 0 Å². The predicted octanol–water partition coefficient (Wildman–Crippen LogP) is 5.67. The molecule has 0 aromatic heterocycles. The van der Waals surface area contributed by atoms with Gasteiger partial charge in [0.15, 0.2) is 0 Å². The summed E-state index contributed by atoms with van der Waals surface area (Å²) in [4.78, 5) is 0. The van der Waals surface area contributed by atoms with E-state index in [0.717, 1.165) is 6.42 Å². The number of rotatable bonds is 0. The Balaban J connectivity index is 0.000000249. The predicted molar refractivity (Wildman–Crippen MR) is 78.1 cm³/mol. The van der Waals surface area contributed by atoms with Crippen molar-refractivity contribution in [2.45, 2.75) is 60.8 Å². The van der Waals surface area contributed by atoms with Crippen molar-refractivity contribution < 1.29 is 0 Å². The Labute approximate surface area is 108 Å². The maximum absolute atomic E-state index is 2.45. The van der Waals surface area contributed by atoms with Crippen LogP contribution in [-0.2, 0) is 0 Å². The second-order valence-electron chi connectivity index (χ2n) is 7.48. The van der Waals surface area contributed by atoms with Crippen LogP contribution in [0.1, 0.15) is 60.8 Å². The van der Waals surface area contributed by atoms with Crippen molar-refractivity contribution in [2.75, 3.05) is 0 Å². The monoisotopic (exact) mass is 232 g/mol. The van der Waals surface area contributed by atoms with Gasteiger partial charge in [-0.1, -0.05) is 65.8 Å². The maximum atomic E-state index is 2.45. The van der Waals surface area contributed by atoms with Gasteiger partial charge in [-0.2, -0.15) is 0 Å². The molecule has 0 bridgehead atoms. The zero-order valence-corrected chi connectivity index (χ0v) is 12.4. The molecule has 0 aromatic carbocycles. The number of hydrogen-bond acceptors (Lipinski definition) is 0. The Hall–Kier alpha value is -0.780. The highest BCUT2D eigenvalue weighted by atomic mass is 14.3. The lowest BCUT2D eigenvalue weighted by atomic mass is 9.75. The summed E-state index contributed by atoms with van der Waals surface area (Å²) in [7, 11) is 0. The van der Waals surface area contributed by atoms with Crippen LogP contribution in [0.25, 0.3) is 0 Å². The summed E-state index contributed by atoms with van der Waals surface area (Å²) in [5.41, 5.74) is 4.06. The molecule has 0 heteroatoms. The van der Waals surface area contributed by atoms with Crippen LogP contribution in [0.2, 0.25) is 0 Å². The summed E-state index contributed by atoms with van der Waals surface area (Å²) >= 11 is 0. The first-order valence-corrected chi connectivity index (χ1v) is 6.75. The molecule has 2 aliphatic rings. The summed E-state index contributed by atoms with van der Waals surface area (Å²) in [6, 6.07) is 0. The maximum Gasteiger partial charge on any atom is -0.00946 e. The van der Waals surface area contributed by atoms with E-state index in [0.29, 0.717) is 10.8 Å². The summed E-state index contributed by atoms with van der Waals surface area (Å²) in [5.74, 6) is 0. The molecule has 0 radical (unpaired) electrons. The van der Waals surface area contributed by atoms with Gasteiger partial charge in [-0.15, -0.1) is 0 Å². The quantitative estimate of drug-likeness (QED) is 0.504. The van der Waals surface area contributed by atoms with Crippen molar-refractivity contribution >= 4 is 0 Å². The van der Waals surface area contributed by atoms with E-state index in [2.05, 4.69) is 65.8 Å². The molecule has 0 aliphatic heterocycles. The fourth-order valence-corrected chi connectivity index (χ4v) is 2.01. The minimum absolute atomic E-state index is 0.428. The Morgan fingerprint density at radius 1 is 1.06 bits per heavy atom. The number of hydrogen-bond donors (Lipinski definition) is 0. The zero-order chi connectivity index (χ0) is 13.1. The molecule has 0 amide bonds. The summed E-state index contributed by atoms with van der Waals surface area (Å²) in [6.45, 7) is 13.4. The topological polar surface area (TPSA) is 0 Å². The summed E-state index contributed by atoms with van der Waals surface area (Å²) in [6.07, 6.45) is 12.9. The van der Waals surface area contributed by atoms with Gasteiger partial charge < -0.3 is 0 Å². The van der Waals surface area contributed by atoms with Gasteiger partial charge in [-0.3, -0.25) is 0 Å². The molecule has 0 N–H and O–H groups in total. The molecular formula is C17H28. The van der Waals surface area contributed by atoms with Crippen LogP contribution in [-0.4, -0.2) is 0 Å². The Bertz CT molecular complexity index is 337. The average molecular weight is 232 g/mol. The zero-order valence-electron chi connectivity index (χ0n) is 12.4. The number of allylic oxidation sites excluding steroid dienone is 6. The molecule has 0 aromatic rings. The average Bonchev–Trinajstić information content (AvgIpc) is 2.13. The van der Waals surface area contributed by atoms with Crippen molar-refractivity contribution in [1.82, 2.24) is 0 Å². The molecule has 0 unspecified atom stereocenters. The van der Waals surface area contributed by atoms with Gasteiger partial charge in [0.25, 0.3) is 0 Å². The Kier molecular flexibility index (Phi) is 4.41. The van der Waals surface area contributed by atoms with Crippen molar-refractivity contribution in [3.8, 4) is 0 Å². The second kappa shape index (κ2) is 5.25. The molecule has 17 heavy (non-hydrogen) atoms. The molecule has 2 aliphatic carbocycles. The first kappa shape index (κ1) is 14.3. The van der Waals surface area contributed by atoms with Crippen LogP contribution in [0.3, 0.4) is 0 Å². The van der Waals surface area contributed by atoms with Crippen molar-refractivity contribution in [1.29, 1.82) is 0 Å². The van der Waals surface area contributed by atoms with E-state index >= 15 is 0 Å². The van der Waals surface area contributed by atoms with E-state index in [1.54, 1.807) is 11.1 Å². The standard InChI is InChI=1S/C12H16.C5H12/c1-12(2)8-7-10-5-3-4-6-11(10)9-12;1-5(2,3)4/h3-5,9H,6-8H2,1-2H3;1-4H3. The third-order valence-corrected chi connectivity index (χ3v) is 2.79. The minimum atomic E-state index is 0.428. The molecule has 2 rings (SSSR count).